The first-order chi connectivity index (χ1) is 9.88. The largest absolute Gasteiger partial charge is 0.319 e. The fraction of sp³-hybridized carbons (Fsp3) is 0.667. The fourth-order valence-electron chi connectivity index (χ4n) is 4.09. The van der Waals surface area contributed by atoms with E-state index in [0.29, 0.717) is 0 Å². The first-order valence-corrected chi connectivity index (χ1v) is 9.23. The van der Waals surface area contributed by atoms with Crippen molar-refractivity contribution in [1.29, 1.82) is 0 Å². The van der Waals surface area contributed by atoms with Crippen LogP contribution in [0.2, 0.25) is 0 Å². The molecule has 1 heterocycles. The third-order valence-corrected chi connectivity index (χ3v) is 6.42. The van der Waals surface area contributed by atoms with Gasteiger partial charge in [-0.15, -0.1) is 11.8 Å². The molecule has 0 radical (unpaired) electrons. The molecule has 2 aliphatic rings. The summed E-state index contributed by atoms with van der Waals surface area (Å²) in [5.41, 5.74) is 1.63. The van der Waals surface area contributed by atoms with E-state index in [2.05, 4.69) is 48.4 Å². The SMILES string of the molecule is CNCC1CCCCCC1CC1CSc2ccccc21. The quantitative estimate of drug-likeness (QED) is 0.808. The number of hydrogen-bond donors (Lipinski definition) is 1. The molecule has 2 heteroatoms. The van der Waals surface area contributed by atoms with Crippen LogP contribution < -0.4 is 5.32 Å². The highest BCUT2D eigenvalue weighted by Crippen LogP contribution is 2.45. The van der Waals surface area contributed by atoms with Crippen molar-refractivity contribution in [2.75, 3.05) is 19.3 Å². The van der Waals surface area contributed by atoms with E-state index < -0.39 is 0 Å². The monoisotopic (exact) mass is 289 g/mol. The standard InChI is InChI=1S/C18H27NS/c1-19-12-15-8-4-2-3-7-14(15)11-16-13-20-18-10-6-5-9-17(16)18/h5-6,9-10,14-16,19H,2-4,7-8,11-13H2,1H3. The number of benzene rings is 1. The van der Waals surface area contributed by atoms with Gasteiger partial charge in [-0.2, -0.15) is 0 Å². The molecule has 3 unspecified atom stereocenters. The highest BCUT2D eigenvalue weighted by atomic mass is 32.2. The van der Waals surface area contributed by atoms with Crippen LogP contribution in [0, 0.1) is 11.8 Å². The van der Waals surface area contributed by atoms with Crippen molar-refractivity contribution >= 4 is 11.8 Å². The number of thioether (sulfide) groups is 1. The highest BCUT2D eigenvalue weighted by molar-refractivity contribution is 7.99. The zero-order valence-electron chi connectivity index (χ0n) is 12.6. The van der Waals surface area contributed by atoms with Crippen molar-refractivity contribution in [2.45, 2.75) is 49.3 Å². The summed E-state index contributed by atoms with van der Waals surface area (Å²) in [7, 11) is 2.11. The molecule has 1 aromatic rings. The Morgan fingerprint density at radius 3 is 2.75 bits per heavy atom. The van der Waals surface area contributed by atoms with E-state index in [1.807, 2.05) is 0 Å². The molecular formula is C18H27NS. The van der Waals surface area contributed by atoms with E-state index in [1.165, 1.54) is 55.7 Å². The second-order valence-corrected chi connectivity index (χ2v) is 7.56. The van der Waals surface area contributed by atoms with Gasteiger partial charge < -0.3 is 5.32 Å². The third-order valence-electron chi connectivity index (χ3n) is 5.17. The van der Waals surface area contributed by atoms with Crippen molar-refractivity contribution in [3.05, 3.63) is 29.8 Å². The van der Waals surface area contributed by atoms with Crippen molar-refractivity contribution < 1.29 is 0 Å². The van der Waals surface area contributed by atoms with Crippen LogP contribution in [0.3, 0.4) is 0 Å². The van der Waals surface area contributed by atoms with Crippen LogP contribution in [0.5, 0.6) is 0 Å². The lowest BCUT2D eigenvalue weighted by Gasteiger charge is -2.27. The summed E-state index contributed by atoms with van der Waals surface area (Å²) in [5.74, 6) is 3.95. The second-order valence-electron chi connectivity index (χ2n) is 6.50. The molecule has 3 rings (SSSR count). The predicted octanol–water partition coefficient (Wildman–Crippen LogP) is 4.68. The van der Waals surface area contributed by atoms with Gasteiger partial charge in [-0.1, -0.05) is 43.9 Å². The third kappa shape index (κ3) is 3.23. The number of nitrogens with one attached hydrogen (secondary N) is 1. The van der Waals surface area contributed by atoms with Gasteiger partial charge in [0.05, 0.1) is 0 Å². The van der Waals surface area contributed by atoms with Crippen molar-refractivity contribution in [3.63, 3.8) is 0 Å². The minimum absolute atomic E-state index is 0.804. The molecule has 1 fully saturated rings. The Bertz CT molecular complexity index is 431. The molecule has 0 saturated heterocycles. The summed E-state index contributed by atoms with van der Waals surface area (Å²) in [4.78, 5) is 1.54. The average Bonchev–Trinajstić information content (AvgIpc) is 2.75. The summed E-state index contributed by atoms with van der Waals surface area (Å²) in [6, 6.07) is 9.07. The maximum atomic E-state index is 3.43. The molecule has 1 N–H and O–H groups in total. The molecule has 110 valence electrons. The number of hydrogen-bond acceptors (Lipinski definition) is 2. The lowest BCUT2D eigenvalue weighted by atomic mass is 9.80. The van der Waals surface area contributed by atoms with Crippen LogP contribution in [-0.4, -0.2) is 19.3 Å². The van der Waals surface area contributed by atoms with E-state index in [4.69, 9.17) is 0 Å². The van der Waals surface area contributed by atoms with Gasteiger partial charge in [0, 0.05) is 10.6 Å². The van der Waals surface area contributed by atoms with Crippen molar-refractivity contribution in [1.82, 2.24) is 5.32 Å². The Balaban J connectivity index is 1.69. The van der Waals surface area contributed by atoms with Gasteiger partial charge in [0.25, 0.3) is 0 Å². The van der Waals surface area contributed by atoms with E-state index in [9.17, 15) is 0 Å². The van der Waals surface area contributed by atoms with Gasteiger partial charge in [-0.3, -0.25) is 0 Å². The van der Waals surface area contributed by atoms with Gasteiger partial charge in [0.2, 0.25) is 0 Å². The fourth-order valence-corrected chi connectivity index (χ4v) is 5.36. The van der Waals surface area contributed by atoms with Crippen LogP contribution in [-0.2, 0) is 0 Å². The van der Waals surface area contributed by atoms with E-state index in [0.717, 1.165) is 17.8 Å². The van der Waals surface area contributed by atoms with Gasteiger partial charge in [0.1, 0.15) is 0 Å². The van der Waals surface area contributed by atoms with Gasteiger partial charge in [-0.25, -0.2) is 0 Å². The molecular weight excluding hydrogens is 262 g/mol. The Labute approximate surface area is 127 Å². The first kappa shape index (κ1) is 14.5. The molecule has 0 aromatic heterocycles. The second kappa shape index (κ2) is 7.00. The summed E-state index contributed by atoms with van der Waals surface area (Å²) >= 11 is 2.07. The molecule has 0 spiro atoms. The van der Waals surface area contributed by atoms with E-state index in [-0.39, 0.29) is 0 Å². The van der Waals surface area contributed by atoms with Gasteiger partial charge in [0.15, 0.2) is 0 Å². The minimum Gasteiger partial charge on any atom is -0.319 e. The summed E-state index contributed by atoms with van der Waals surface area (Å²) in [5, 5.41) is 3.43. The Morgan fingerprint density at radius 2 is 1.90 bits per heavy atom. The maximum Gasteiger partial charge on any atom is 0.0107 e. The maximum absolute atomic E-state index is 3.43. The topological polar surface area (TPSA) is 12.0 Å². The number of fused-ring (bicyclic) bond motifs is 1. The van der Waals surface area contributed by atoms with Crippen LogP contribution in [0.25, 0.3) is 0 Å². The molecule has 1 aromatic carbocycles. The van der Waals surface area contributed by atoms with Crippen LogP contribution in [0.1, 0.15) is 50.0 Å². The van der Waals surface area contributed by atoms with Crippen LogP contribution in [0.4, 0.5) is 0 Å². The van der Waals surface area contributed by atoms with Gasteiger partial charge in [-0.05, 0) is 55.8 Å². The smallest absolute Gasteiger partial charge is 0.0107 e. The lowest BCUT2D eigenvalue weighted by molar-refractivity contribution is 0.276. The predicted molar refractivity (Wildman–Crippen MR) is 88.5 cm³/mol. The highest BCUT2D eigenvalue weighted by Gasteiger charge is 2.30. The summed E-state index contributed by atoms with van der Waals surface area (Å²) in [6.07, 6.45) is 8.65. The van der Waals surface area contributed by atoms with E-state index in [1.54, 1.807) is 5.56 Å². The Hall–Kier alpha value is -0.470. The molecule has 1 aliphatic heterocycles. The lowest BCUT2D eigenvalue weighted by Crippen LogP contribution is -2.26. The van der Waals surface area contributed by atoms with Crippen molar-refractivity contribution in [2.24, 2.45) is 11.8 Å². The Kier molecular flexibility index (Phi) is 5.06. The zero-order valence-corrected chi connectivity index (χ0v) is 13.4. The average molecular weight is 289 g/mol. The van der Waals surface area contributed by atoms with Crippen LogP contribution in [0.15, 0.2) is 29.2 Å². The van der Waals surface area contributed by atoms with Crippen molar-refractivity contribution in [3.8, 4) is 0 Å². The molecule has 20 heavy (non-hydrogen) atoms. The summed E-state index contributed by atoms with van der Waals surface area (Å²) in [6.45, 7) is 1.21. The molecule has 1 nitrogen and oxygen atoms in total. The van der Waals surface area contributed by atoms with Crippen LogP contribution >= 0.6 is 11.8 Å². The zero-order chi connectivity index (χ0) is 13.8. The molecule has 1 aliphatic carbocycles. The number of rotatable bonds is 4. The molecule has 0 amide bonds. The molecule has 3 atom stereocenters. The van der Waals surface area contributed by atoms with E-state index >= 15 is 0 Å². The molecule has 1 saturated carbocycles. The summed E-state index contributed by atoms with van der Waals surface area (Å²) < 4.78 is 0. The first-order valence-electron chi connectivity index (χ1n) is 8.25. The molecule has 0 bridgehead atoms. The van der Waals surface area contributed by atoms with Gasteiger partial charge >= 0.3 is 0 Å². The normalized spacial score (nSPS) is 29.9. The Morgan fingerprint density at radius 1 is 1.10 bits per heavy atom. The minimum atomic E-state index is 0.804.